The zero-order valence-electron chi connectivity index (χ0n) is 14.7. The fourth-order valence-electron chi connectivity index (χ4n) is 3.77. The Morgan fingerprint density at radius 1 is 1.22 bits per heavy atom. The van der Waals surface area contributed by atoms with Crippen LogP contribution in [-0.2, 0) is 19.4 Å². The molecule has 1 aromatic carbocycles. The number of sulfone groups is 1. The van der Waals surface area contributed by atoms with Crippen molar-refractivity contribution in [3.63, 3.8) is 0 Å². The SMILES string of the molecule is CCCN1C(=O)/C(=C2\SC(=S)N(C3CCS(=O)(=O)C3)C2=O)c2ccccc21. The monoisotopic (exact) mass is 422 g/mol. The van der Waals surface area contributed by atoms with Gasteiger partial charge in [0.1, 0.15) is 4.32 Å². The Balaban J connectivity index is 1.77. The van der Waals surface area contributed by atoms with Gasteiger partial charge >= 0.3 is 0 Å². The molecule has 9 heteroatoms. The second-order valence-electron chi connectivity index (χ2n) is 6.78. The molecule has 0 N–H and O–H groups in total. The average molecular weight is 423 g/mol. The van der Waals surface area contributed by atoms with E-state index in [0.717, 1.165) is 29.4 Å². The van der Waals surface area contributed by atoms with Crippen molar-refractivity contribution in [3.8, 4) is 0 Å². The van der Waals surface area contributed by atoms with Gasteiger partial charge in [0.2, 0.25) is 0 Å². The van der Waals surface area contributed by atoms with E-state index in [2.05, 4.69) is 0 Å². The molecular formula is C18H18N2O4S3. The number of benzene rings is 1. The lowest BCUT2D eigenvalue weighted by atomic mass is 10.1. The number of thioether (sulfide) groups is 1. The lowest BCUT2D eigenvalue weighted by Gasteiger charge is -2.21. The molecule has 142 valence electrons. The Morgan fingerprint density at radius 3 is 2.63 bits per heavy atom. The quantitative estimate of drug-likeness (QED) is 0.549. The summed E-state index contributed by atoms with van der Waals surface area (Å²) in [6.45, 7) is 2.56. The van der Waals surface area contributed by atoms with E-state index in [0.29, 0.717) is 27.8 Å². The molecular weight excluding hydrogens is 404 g/mol. The fraction of sp³-hybridized carbons (Fsp3) is 0.389. The van der Waals surface area contributed by atoms with Crippen LogP contribution in [0.25, 0.3) is 5.57 Å². The maximum Gasteiger partial charge on any atom is 0.267 e. The van der Waals surface area contributed by atoms with Gasteiger partial charge in [-0.15, -0.1) is 0 Å². The molecule has 0 radical (unpaired) electrons. The van der Waals surface area contributed by atoms with Crippen LogP contribution in [0.4, 0.5) is 5.69 Å². The van der Waals surface area contributed by atoms with Crippen molar-refractivity contribution in [2.24, 2.45) is 0 Å². The molecule has 0 spiro atoms. The van der Waals surface area contributed by atoms with Crippen LogP contribution >= 0.6 is 24.0 Å². The number of hydrogen-bond donors (Lipinski definition) is 0. The third-order valence-electron chi connectivity index (χ3n) is 4.97. The van der Waals surface area contributed by atoms with Crippen LogP contribution in [0, 0.1) is 0 Å². The summed E-state index contributed by atoms with van der Waals surface area (Å²) in [7, 11) is -3.15. The number of carbonyl (C=O) groups excluding carboxylic acids is 2. The van der Waals surface area contributed by atoms with Gasteiger partial charge in [0.25, 0.3) is 11.8 Å². The molecule has 6 nitrogen and oxygen atoms in total. The molecule has 0 aliphatic carbocycles. The molecule has 0 saturated carbocycles. The minimum absolute atomic E-state index is 0.0622. The Bertz CT molecular complexity index is 1000. The molecule has 4 rings (SSSR count). The van der Waals surface area contributed by atoms with Crippen molar-refractivity contribution in [1.29, 1.82) is 0 Å². The largest absolute Gasteiger partial charge is 0.308 e. The number of hydrogen-bond acceptors (Lipinski definition) is 6. The maximum absolute atomic E-state index is 13.1. The molecule has 0 bridgehead atoms. The molecule has 2 saturated heterocycles. The number of anilines is 1. The summed E-state index contributed by atoms with van der Waals surface area (Å²) in [6.07, 6.45) is 1.18. The van der Waals surface area contributed by atoms with E-state index >= 15 is 0 Å². The second-order valence-corrected chi connectivity index (χ2v) is 10.7. The first-order valence-electron chi connectivity index (χ1n) is 8.75. The Hall–Kier alpha value is -1.71. The van der Waals surface area contributed by atoms with Gasteiger partial charge in [0, 0.05) is 12.1 Å². The highest BCUT2D eigenvalue weighted by Gasteiger charge is 2.46. The molecule has 0 aromatic heterocycles. The summed E-state index contributed by atoms with van der Waals surface area (Å²) in [4.78, 5) is 29.6. The van der Waals surface area contributed by atoms with Crippen molar-refractivity contribution in [3.05, 3.63) is 34.7 Å². The third-order valence-corrected chi connectivity index (χ3v) is 8.12. The van der Waals surface area contributed by atoms with Crippen molar-refractivity contribution in [1.82, 2.24) is 4.90 Å². The van der Waals surface area contributed by atoms with Crippen LogP contribution in [-0.4, -0.2) is 53.5 Å². The van der Waals surface area contributed by atoms with Gasteiger partial charge in [-0.2, -0.15) is 0 Å². The van der Waals surface area contributed by atoms with E-state index < -0.39 is 15.9 Å². The Morgan fingerprint density at radius 2 is 1.96 bits per heavy atom. The Kier molecular flexibility index (Phi) is 4.64. The summed E-state index contributed by atoms with van der Waals surface area (Å²) in [5, 5.41) is 0. The molecule has 2 fully saturated rings. The summed E-state index contributed by atoms with van der Waals surface area (Å²) >= 11 is 6.47. The number of fused-ring (bicyclic) bond motifs is 1. The van der Waals surface area contributed by atoms with E-state index in [1.54, 1.807) is 4.90 Å². The van der Waals surface area contributed by atoms with Crippen molar-refractivity contribution in [2.75, 3.05) is 23.0 Å². The highest BCUT2D eigenvalue weighted by molar-refractivity contribution is 8.26. The summed E-state index contributed by atoms with van der Waals surface area (Å²) in [6, 6.07) is 6.97. The molecule has 1 aromatic rings. The number of amides is 2. The second kappa shape index (κ2) is 6.72. The minimum atomic E-state index is -3.15. The van der Waals surface area contributed by atoms with E-state index in [9.17, 15) is 18.0 Å². The van der Waals surface area contributed by atoms with Crippen LogP contribution in [0.15, 0.2) is 29.2 Å². The third kappa shape index (κ3) is 3.01. The topological polar surface area (TPSA) is 74.8 Å². The van der Waals surface area contributed by atoms with E-state index in [-0.39, 0.29) is 23.3 Å². The lowest BCUT2D eigenvalue weighted by molar-refractivity contribution is -0.123. The predicted molar refractivity (Wildman–Crippen MR) is 110 cm³/mol. The van der Waals surface area contributed by atoms with Crippen LogP contribution in [0.5, 0.6) is 0 Å². The molecule has 3 aliphatic rings. The van der Waals surface area contributed by atoms with E-state index in [1.807, 2.05) is 31.2 Å². The zero-order chi connectivity index (χ0) is 19.3. The standard InChI is InChI=1S/C18H18N2O4S3/c1-2-8-19-13-6-4-3-5-12(13)14(16(19)21)15-17(22)20(18(25)26-15)11-7-9-27(23,24)10-11/h3-6,11H,2,7-10H2,1H3/b15-14-. The lowest BCUT2D eigenvalue weighted by Crippen LogP contribution is -2.39. The molecule has 3 heterocycles. The predicted octanol–water partition coefficient (Wildman–Crippen LogP) is 2.20. The molecule has 3 aliphatic heterocycles. The average Bonchev–Trinajstić information content (AvgIpc) is 3.21. The summed E-state index contributed by atoms with van der Waals surface area (Å²) in [5.74, 6) is -0.567. The minimum Gasteiger partial charge on any atom is -0.308 e. The molecule has 2 amide bonds. The summed E-state index contributed by atoms with van der Waals surface area (Å²) in [5.41, 5.74) is 1.91. The van der Waals surface area contributed by atoms with Crippen LogP contribution in [0.3, 0.4) is 0 Å². The first kappa shape index (κ1) is 18.6. The first-order chi connectivity index (χ1) is 12.8. The number of carbonyl (C=O) groups is 2. The van der Waals surface area contributed by atoms with Gasteiger partial charge in [-0.1, -0.05) is 49.1 Å². The maximum atomic E-state index is 13.1. The first-order valence-corrected chi connectivity index (χ1v) is 11.8. The van der Waals surface area contributed by atoms with Gasteiger partial charge in [0.05, 0.1) is 33.7 Å². The highest BCUT2D eigenvalue weighted by atomic mass is 32.2. The van der Waals surface area contributed by atoms with Gasteiger partial charge in [0.15, 0.2) is 9.84 Å². The molecule has 1 atom stereocenters. The Labute approximate surface area is 167 Å². The van der Waals surface area contributed by atoms with Gasteiger partial charge in [-0.3, -0.25) is 14.5 Å². The van der Waals surface area contributed by atoms with E-state index in [4.69, 9.17) is 12.2 Å². The van der Waals surface area contributed by atoms with Gasteiger partial charge in [-0.05, 0) is 18.9 Å². The number of nitrogens with zero attached hydrogens (tertiary/aromatic N) is 2. The van der Waals surface area contributed by atoms with Gasteiger partial charge < -0.3 is 4.90 Å². The highest BCUT2D eigenvalue weighted by Crippen LogP contribution is 2.45. The van der Waals surface area contributed by atoms with Gasteiger partial charge in [-0.25, -0.2) is 8.42 Å². The zero-order valence-corrected chi connectivity index (χ0v) is 17.1. The molecule has 27 heavy (non-hydrogen) atoms. The molecule has 1 unspecified atom stereocenters. The normalized spacial score (nSPS) is 27.0. The summed E-state index contributed by atoms with van der Waals surface area (Å²) < 4.78 is 24.0. The number of para-hydroxylation sites is 1. The number of rotatable bonds is 3. The van der Waals surface area contributed by atoms with Crippen molar-refractivity contribution < 1.29 is 18.0 Å². The van der Waals surface area contributed by atoms with Crippen LogP contribution in [0.2, 0.25) is 0 Å². The van der Waals surface area contributed by atoms with Crippen molar-refractivity contribution in [2.45, 2.75) is 25.8 Å². The van der Waals surface area contributed by atoms with Crippen molar-refractivity contribution >= 4 is 61.2 Å². The smallest absolute Gasteiger partial charge is 0.267 e. The number of thiocarbonyl (C=S) groups is 1. The van der Waals surface area contributed by atoms with Crippen LogP contribution in [0.1, 0.15) is 25.3 Å². The fourth-order valence-corrected chi connectivity index (χ4v) is 6.94. The van der Waals surface area contributed by atoms with E-state index in [1.165, 1.54) is 4.90 Å². The van der Waals surface area contributed by atoms with Crippen LogP contribution < -0.4 is 4.90 Å².